The van der Waals surface area contributed by atoms with Gasteiger partial charge in [-0.2, -0.15) is 0 Å². The second kappa shape index (κ2) is 6.86. The van der Waals surface area contributed by atoms with Gasteiger partial charge in [-0.25, -0.2) is 4.79 Å². The molecule has 1 saturated carbocycles. The summed E-state index contributed by atoms with van der Waals surface area (Å²) in [7, 11) is 0. The standard InChI is InChI=1S/C18H21NO4/c1-12-6-8-14(9-7-12)19-17(20)11-22-18(21)16-10-13-4-2-3-5-15(13)23-16/h2-5,10,12,14H,6-9,11H2,1H3,(H,19,20). The fraction of sp³-hybridized carbons (Fsp3) is 0.444. The molecule has 122 valence electrons. The number of para-hydroxylation sites is 1. The lowest BCUT2D eigenvalue weighted by Gasteiger charge is -2.26. The fourth-order valence-corrected chi connectivity index (χ4v) is 2.96. The molecule has 1 amide bonds. The van der Waals surface area contributed by atoms with Gasteiger partial charge in [-0.3, -0.25) is 4.79 Å². The second-order valence-corrected chi connectivity index (χ2v) is 6.25. The summed E-state index contributed by atoms with van der Waals surface area (Å²) in [5.74, 6) is -0.0258. The van der Waals surface area contributed by atoms with Crippen molar-refractivity contribution in [3.63, 3.8) is 0 Å². The van der Waals surface area contributed by atoms with Gasteiger partial charge < -0.3 is 14.5 Å². The number of benzene rings is 1. The first-order chi connectivity index (χ1) is 11.1. The molecule has 1 aliphatic carbocycles. The number of carbonyl (C=O) groups is 2. The Morgan fingerprint density at radius 1 is 1.22 bits per heavy atom. The van der Waals surface area contributed by atoms with E-state index in [4.69, 9.17) is 9.15 Å². The molecule has 0 spiro atoms. The number of furan rings is 1. The molecule has 5 heteroatoms. The van der Waals surface area contributed by atoms with Crippen molar-refractivity contribution in [3.05, 3.63) is 36.1 Å². The molecule has 0 unspecified atom stereocenters. The number of fused-ring (bicyclic) bond motifs is 1. The molecule has 1 heterocycles. The van der Waals surface area contributed by atoms with Crippen LogP contribution in [-0.4, -0.2) is 24.5 Å². The molecule has 0 aliphatic heterocycles. The number of esters is 1. The van der Waals surface area contributed by atoms with E-state index in [0.717, 1.165) is 37.0 Å². The predicted molar refractivity (Wildman–Crippen MR) is 86.1 cm³/mol. The third-order valence-corrected chi connectivity index (χ3v) is 4.34. The molecule has 0 saturated heterocycles. The average Bonchev–Trinajstić information content (AvgIpc) is 2.99. The lowest BCUT2D eigenvalue weighted by molar-refractivity contribution is -0.125. The van der Waals surface area contributed by atoms with Crippen molar-refractivity contribution >= 4 is 22.8 Å². The third-order valence-electron chi connectivity index (χ3n) is 4.34. The van der Waals surface area contributed by atoms with E-state index in [1.54, 1.807) is 12.1 Å². The summed E-state index contributed by atoms with van der Waals surface area (Å²) in [4.78, 5) is 23.8. The lowest BCUT2D eigenvalue weighted by Crippen LogP contribution is -2.39. The molecule has 0 bridgehead atoms. The minimum atomic E-state index is -0.617. The monoisotopic (exact) mass is 315 g/mol. The number of nitrogens with one attached hydrogen (secondary N) is 1. The Morgan fingerprint density at radius 2 is 1.96 bits per heavy atom. The largest absolute Gasteiger partial charge is 0.450 e. The third kappa shape index (κ3) is 3.92. The maximum atomic E-state index is 12.0. The van der Waals surface area contributed by atoms with Crippen LogP contribution in [0.15, 0.2) is 34.7 Å². The Bertz CT molecular complexity index is 665. The summed E-state index contributed by atoms with van der Waals surface area (Å²) in [5, 5.41) is 3.76. The van der Waals surface area contributed by atoms with Crippen LogP contribution in [0.1, 0.15) is 43.2 Å². The Morgan fingerprint density at radius 3 is 2.70 bits per heavy atom. The first-order valence-electron chi connectivity index (χ1n) is 8.07. The molecule has 5 nitrogen and oxygen atoms in total. The van der Waals surface area contributed by atoms with Gasteiger partial charge >= 0.3 is 5.97 Å². The van der Waals surface area contributed by atoms with E-state index in [1.807, 2.05) is 18.2 Å². The van der Waals surface area contributed by atoms with Crippen molar-refractivity contribution in [1.29, 1.82) is 0 Å². The normalized spacial score (nSPS) is 21.1. The molecule has 2 aromatic rings. The molecule has 1 aromatic carbocycles. The minimum Gasteiger partial charge on any atom is -0.450 e. The van der Waals surface area contributed by atoms with Gasteiger partial charge in [0.05, 0.1) is 0 Å². The number of amides is 1. The van der Waals surface area contributed by atoms with Crippen LogP contribution in [0.2, 0.25) is 0 Å². The predicted octanol–water partition coefficient (Wildman–Crippen LogP) is 3.28. The van der Waals surface area contributed by atoms with E-state index >= 15 is 0 Å². The Kier molecular flexibility index (Phi) is 4.65. The molecule has 1 fully saturated rings. The molecule has 0 atom stereocenters. The van der Waals surface area contributed by atoms with Crippen LogP contribution in [0.3, 0.4) is 0 Å². The highest BCUT2D eigenvalue weighted by Crippen LogP contribution is 2.23. The number of carbonyl (C=O) groups excluding carboxylic acids is 2. The molecule has 1 aliphatic rings. The number of ether oxygens (including phenoxy) is 1. The number of rotatable bonds is 4. The van der Waals surface area contributed by atoms with E-state index < -0.39 is 5.97 Å². The fourth-order valence-electron chi connectivity index (χ4n) is 2.96. The quantitative estimate of drug-likeness (QED) is 0.879. The van der Waals surface area contributed by atoms with Gasteiger partial charge in [0.25, 0.3) is 5.91 Å². The smallest absolute Gasteiger partial charge is 0.374 e. The van der Waals surface area contributed by atoms with Crippen molar-refractivity contribution in [2.24, 2.45) is 5.92 Å². The Hall–Kier alpha value is -2.30. The minimum absolute atomic E-state index is 0.116. The molecule has 1 aromatic heterocycles. The molecule has 23 heavy (non-hydrogen) atoms. The summed E-state index contributed by atoms with van der Waals surface area (Å²) >= 11 is 0. The highest BCUT2D eigenvalue weighted by molar-refractivity contribution is 5.93. The molecule has 1 N–H and O–H groups in total. The van der Waals surface area contributed by atoms with E-state index in [2.05, 4.69) is 12.2 Å². The van der Waals surface area contributed by atoms with Crippen molar-refractivity contribution in [2.75, 3.05) is 6.61 Å². The Balaban J connectivity index is 1.49. The van der Waals surface area contributed by atoms with Gasteiger partial charge in [-0.1, -0.05) is 25.1 Å². The van der Waals surface area contributed by atoms with E-state index in [0.29, 0.717) is 5.58 Å². The zero-order valence-electron chi connectivity index (χ0n) is 13.2. The number of hydrogen-bond acceptors (Lipinski definition) is 4. The zero-order chi connectivity index (χ0) is 16.2. The van der Waals surface area contributed by atoms with Crippen LogP contribution in [0.5, 0.6) is 0 Å². The topological polar surface area (TPSA) is 68.5 Å². The zero-order valence-corrected chi connectivity index (χ0v) is 13.2. The van der Waals surface area contributed by atoms with E-state index in [9.17, 15) is 9.59 Å². The van der Waals surface area contributed by atoms with Crippen LogP contribution >= 0.6 is 0 Å². The van der Waals surface area contributed by atoms with Gasteiger partial charge in [-0.05, 0) is 43.7 Å². The van der Waals surface area contributed by atoms with Crippen molar-refractivity contribution in [3.8, 4) is 0 Å². The Labute approximate surface area is 135 Å². The summed E-state index contributed by atoms with van der Waals surface area (Å²) in [5.41, 5.74) is 0.625. The highest BCUT2D eigenvalue weighted by Gasteiger charge is 2.21. The second-order valence-electron chi connectivity index (χ2n) is 6.25. The van der Waals surface area contributed by atoms with Gasteiger partial charge in [0, 0.05) is 11.4 Å². The average molecular weight is 315 g/mol. The van der Waals surface area contributed by atoms with Gasteiger partial charge in [0.2, 0.25) is 5.76 Å². The van der Waals surface area contributed by atoms with Crippen LogP contribution in [0, 0.1) is 5.92 Å². The van der Waals surface area contributed by atoms with Crippen molar-refractivity contribution in [1.82, 2.24) is 5.32 Å². The first-order valence-corrected chi connectivity index (χ1v) is 8.07. The highest BCUT2D eigenvalue weighted by atomic mass is 16.5. The van der Waals surface area contributed by atoms with Gasteiger partial charge in [-0.15, -0.1) is 0 Å². The maximum Gasteiger partial charge on any atom is 0.374 e. The van der Waals surface area contributed by atoms with Crippen molar-refractivity contribution in [2.45, 2.75) is 38.6 Å². The van der Waals surface area contributed by atoms with E-state index in [-0.39, 0.29) is 24.3 Å². The van der Waals surface area contributed by atoms with Crippen LogP contribution in [0.4, 0.5) is 0 Å². The van der Waals surface area contributed by atoms with Crippen LogP contribution in [-0.2, 0) is 9.53 Å². The first kappa shape index (κ1) is 15.6. The molecular formula is C18H21NO4. The molecule has 0 radical (unpaired) electrons. The molecular weight excluding hydrogens is 294 g/mol. The summed E-state index contributed by atoms with van der Waals surface area (Å²) < 4.78 is 10.5. The van der Waals surface area contributed by atoms with E-state index in [1.165, 1.54) is 0 Å². The molecule has 3 rings (SSSR count). The van der Waals surface area contributed by atoms with Gasteiger partial charge in [0.1, 0.15) is 5.58 Å². The van der Waals surface area contributed by atoms with Crippen molar-refractivity contribution < 1.29 is 18.7 Å². The van der Waals surface area contributed by atoms with Crippen LogP contribution in [0.25, 0.3) is 11.0 Å². The maximum absolute atomic E-state index is 12.0. The summed E-state index contributed by atoms with van der Waals surface area (Å²) in [6.45, 7) is 1.95. The number of hydrogen-bond donors (Lipinski definition) is 1. The lowest BCUT2D eigenvalue weighted by atomic mass is 9.87. The summed E-state index contributed by atoms with van der Waals surface area (Å²) in [6, 6.07) is 9.15. The summed E-state index contributed by atoms with van der Waals surface area (Å²) in [6.07, 6.45) is 4.24. The SMILES string of the molecule is CC1CCC(NC(=O)COC(=O)c2cc3ccccc3o2)CC1. The van der Waals surface area contributed by atoms with Gasteiger partial charge in [0.15, 0.2) is 6.61 Å². The van der Waals surface area contributed by atoms with Crippen LogP contribution < -0.4 is 5.32 Å².